The second kappa shape index (κ2) is 5.86. The Labute approximate surface area is 139 Å². The Morgan fingerprint density at radius 1 is 0.957 bits per heavy atom. The molecule has 0 unspecified atom stereocenters. The number of alkyl halides is 3. The summed E-state index contributed by atoms with van der Waals surface area (Å²) in [5.41, 5.74) is 0.749. The molecule has 0 aliphatic carbocycles. The molecule has 0 atom stereocenters. The van der Waals surface area contributed by atoms with Crippen LogP contribution in [-0.4, -0.2) is 14.8 Å². The van der Waals surface area contributed by atoms with E-state index in [9.17, 15) is 13.2 Å². The third-order valence-electron chi connectivity index (χ3n) is 3.03. The molecule has 0 saturated carbocycles. The third kappa shape index (κ3) is 3.18. The second-order valence-corrected chi connectivity index (χ2v) is 5.47. The van der Waals surface area contributed by atoms with Gasteiger partial charge in [0.05, 0.1) is 10.7 Å². The van der Waals surface area contributed by atoms with Crippen LogP contribution in [0.25, 0.3) is 17.1 Å². The molecule has 0 bridgehead atoms. The minimum Gasteiger partial charge on any atom is -0.213 e. The lowest BCUT2D eigenvalue weighted by molar-refractivity contribution is -0.144. The summed E-state index contributed by atoms with van der Waals surface area (Å²) in [6.07, 6.45) is -4.66. The van der Waals surface area contributed by atoms with Gasteiger partial charge in [-0.25, -0.2) is 9.67 Å². The Hall–Kier alpha value is -2.05. The number of halogens is 5. The first kappa shape index (κ1) is 15.8. The van der Waals surface area contributed by atoms with Gasteiger partial charge in [-0.05, 0) is 30.3 Å². The monoisotopic (exact) mass is 357 g/mol. The van der Waals surface area contributed by atoms with Crippen molar-refractivity contribution in [3.63, 3.8) is 0 Å². The summed E-state index contributed by atoms with van der Waals surface area (Å²) < 4.78 is 40.1. The van der Waals surface area contributed by atoms with Gasteiger partial charge in [-0.1, -0.05) is 41.4 Å². The van der Waals surface area contributed by atoms with Gasteiger partial charge in [-0.15, -0.1) is 5.10 Å². The van der Waals surface area contributed by atoms with E-state index in [4.69, 9.17) is 23.2 Å². The van der Waals surface area contributed by atoms with E-state index in [1.165, 1.54) is 18.2 Å². The molecular formula is C15H8Cl2F3N3. The number of benzene rings is 2. The van der Waals surface area contributed by atoms with Gasteiger partial charge >= 0.3 is 6.18 Å². The molecular weight excluding hydrogens is 350 g/mol. The number of hydrogen-bond donors (Lipinski definition) is 0. The van der Waals surface area contributed by atoms with Gasteiger partial charge in [0.25, 0.3) is 5.82 Å². The van der Waals surface area contributed by atoms with Crippen LogP contribution in [0.5, 0.6) is 0 Å². The van der Waals surface area contributed by atoms with E-state index < -0.39 is 12.0 Å². The molecule has 1 aromatic heterocycles. The van der Waals surface area contributed by atoms with Crippen LogP contribution in [0.2, 0.25) is 10.0 Å². The average Bonchev–Trinajstić information content (AvgIpc) is 2.93. The maximum Gasteiger partial charge on any atom is 0.453 e. The van der Waals surface area contributed by atoms with E-state index in [0.717, 1.165) is 4.68 Å². The minimum atomic E-state index is -4.66. The lowest BCUT2D eigenvalue weighted by Crippen LogP contribution is -2.08. The second-order valence-electron chi connectivity index (χ2n) is 4.63. The molecule has 0 radical (unpaired) electrons. The summed E-state index contributed by atoms with van der Waals surface area (Å²) in [7, 11) is 0. The van der Waals surface area contributed by atoms with E-state index in [0.29, 0.717) is 16.3 Å². The normalized spacial score (nSPS) is 11.7. The number of para-hydroxylation sites is 1. The van der Waals surface area contributed by atoms with Crippen molar-refractivity contribution in [2.24, 2.45) is 0 Å². The summed E-state index contributed by atoms with van der Waals surface area (Å²) in [6, 6.07) is 12.9. The summed E-state index contributed by atoms with van der Waals surface area (Å²) in [4.78, 5) is 3.62. The van der Waals surface area contributed by atoms with Gasteiger partial charge in [0.1, 0.15) is 0 Å². The van der Waals surface area contributed by atoms with Crippen molar-refractivity contribution in [1.82, 2.24) is 14.8 Å². The molecule has 0 aliphatic heterocycles. The first-order chi connectivity index (χ1) is 10.9. The highest BCUT2D eigenvalue weighted by molar-refractivity contribution is 6.36. The third-order valence-corrected chi connectivity index (χ3v) is 3.58. The van der Waals surface area contributed by atoms with Crippen molar-refractivity contribution in [3.05, 3.63) is 64.4 Å². The fraction of sp³-hybridized carbons (Fsp3) is 0.0667. The topological polar surface area (TPSA) is 30.7 Å². The molecule has 1 heterocycles. The number of rotatable bonds is 2. The molecule has 0 amide bonds. The molecule has 2 aromatic carbocycles. The van der Waals surface area contributed by atoms with Crippen LogP contribution in [0.3, 0.4) is 0 Å². The Balaban J connectivity index is 2.24. The zero-order valence-corrected chi connectivity index (χ0v) is 12.9. The zero-order chi connectivity index (χ0) is 16.6. The van der Waals surface area contributed by atoms with Crippen LogP contribution in [0.15, 0.2) is 48.5 Å². The van der Waals surface area contributed by atoms with Crippen LogP contribution < -0.4 is 0 Å². The summed E-state index contributed by atoms with van der Waals surface area (Å²) in [5, 5.41) is 4.15. The van der Waals surface area contributed by atoms with Crippen LogP contribution in [0.4, 0.5) is 13.2 Å². The minimum absolute atomic E-state index is 0.00908. The molecule has 0 aliphatic rings. The molecule has 3 rings (SSSR count). The first-order valence-electron chi connectivity index (χ1n) is 6.41. The van der Waals surface area contributed by atoms with Crippen LogP contribution in [-0.2, 0) is 6.18 Å². The number of nitrogens with zero attached hydrogens (tertiary/aromatic N) is 3. The molecule has 23 heavy (non-hydrogen) atoms. The molecule has 118 valence electrons. The molecule has 3 nitrogen and oxygen atoms in total. The van der Waals surface area contributed by atoms with Crippen LogP contribution in [0.1, 0.15) is 5.82 Å². The summed E-state index contributed by atoms with van der Waals surface area (Å²) in [5.74, 6) is -1.24. The quantitative estimate of drug-likeness (QED) is 0.626. The zero-order valence-electron chi connectivity index (χ0n) is 11.4. The van der Waals surface area contributed by atoms with E-state index in [2.05, 4.69) is 10.1 Å². The summed E-state index contributed by atoms with van der Waals surface area (Å²) >= 11 is 11.9. The number of hydrogen-bond acceptors (Lipinski definition) is 2. The average molecular weight is 358 g/mol. The lowest BCUT2D eigenvalue weighted by atomic mass is 10.2. The van der Waals surface area contributed by atoms with Gasteiger partial charge in [0.2, 0.25) is 0 Å². The molecule has 0 fully saturated rings. The number of aromatic nitrogens is 3. The van der Waals surface area contributed by atoms with Gasteiger partial charge < -0.3 is 0 Å². The van der Waals surface area contributed by atoms with Gasteiger partial charge in [0, 0.05) is 10.6 Å². The van der Waals surface area contributed by atoms with Crippen molar-refractivity contribution in [2.45, 2.75) is 6.18 Å². The molecule has 0 saturated heterocycles. The predicted octanol–water partition coefficient (Wildman–Crippen LogP) is 5.26. The molecule has 3 aromatic rings. The maximum absolute atomic E-state index is 13.0. The Kier molecular flexibility index (Phi) is 4.04. The van der Waals surface area contributed by atoms with E-state index in [1.807, 2.05) is 0 Å². The Morgan fingerprint density at radius 2 is 1.65 bits per heavy atom. The van der Waals surface area contributed by atoms with Gasteiger partial charge in [-0.2, -0.15) is 13.2 Å². The van der Waals surface area contributed by atoms with E-state index in [1.54, 1.807) is 30.3 Å². The highest BCUT2D eigenvalue weighted by Crippen LogP contribution is 2.34. The van der Waals surface area contributed by atoms with Crippen molar-refractivity contribution in [2.75, 3.05) is 0 Å². The highest BCUT2D eigenvalue weighted by atomic mass is 35.5. The SMILES string of the molecule is FC(F)(F)c1nc(-c2ccc(Cl)cc2Cl)n(-c2ccccc2)n1. The van der Waals surface area contributed by atoms with Crippen LogP contribution in [0, 0.1) is 0 Å². The predicted molar refractivity (Wildman–Crippen MR) is 81.8 cm³/mol. The highest BCUT2D eigenvalue weighted by Gasteiger charge is 2.37. The standard InChI is InChI=1S/C15H8Cl2F3N3/c16-9-6-7-11(12(17)8-9)13-21-14(15(18,19)20)22-23(13)10-4-2-1-3-5-10/h1-8H. The van der Waals surface area contributed by atoms with Gasteiger partial charge in [-0.3, -0.25) is 0 Å². The Bertz CT molecular complexity index is 845. The first-order valence-corrected chi connectivity index (χ1v) is 7.17. The molecule has 0 N–H and O–H groups in total. The smallest absolute Gasteiger partial charge is 0.213 e. The lowest BCUT2D eigenvalue weighted by Gasteiger charge is -2.07. The van der Waals surface area contributed by atoms with Crippen molar-refractivity contribution in [3.8, 4) is 17.1 Å². The van der Waals surface area contributed by atoms with Crippen LogP contribution >= 0.6 is 23.2 Å². The van der Waals surface area contributed by atoms with Crippen molar-refractivity contribution in [1.29, 1.82) is 0 Å². The van der Waals surface area contributed by atoms with E-state index >= 15 is 0 Å². The molecule has 8 heteroatoms. The largest absolute Gasteiger partial charge is 0.453 e. The van der Waals surface area contributed by atoms with E-state index in [-0.39, 0.29) is 10.8 Å². The van der Waals surface area contributed by atoms with Crippen molar-refractivity contribution >= 4 is 23.2 Å². The fourth-order valence-electron chi connectivity index (χ4n) is 2.03. The fourth-order valence-corrected chi connectivity index (χ4v) is 2.52. The Morgan fingerprint density at radius 3 is 2.26 bits per heavy atom. The van der Waals surface area contributed by atoms with Gasteiger partial charge in [0.15, 0.2) is 5.82 Å². The van der Waals surface area contributed by atoms with Crippen molar-refractivity contribution < 1.29 is 13.2 Å². The maximum atomic E-state index is 13.0. The molecule has 0 spiro atoms. The summed E-state index contributed by atoms with van der Waals surface area (Å²) in [6.45, 7) is 0.